The predicted molar refractivity (Wildman–Crippen MR) is 88.6 cm³/mol. The van der Waals surface area contributed by atoms with Crippen LogP contribution in [-0.4, -0.2) is 106 Å². The van der Waals surface area contributed by atoms with E-state index in [1.807, 2.05) is 0 Å². The van der Waals surface area contributed by atoms with Gasteiger partial charge in [0, 0.05) is 43.7 Å². The van der Waals surface area contributed by atoms with E-state index >= 15 is 0 Å². The summed E-state index contributed by atoms with van der Waals surface area (Å²) < 4.78 is 1.69. The fourth-order valence-electron chi connectivity index (χ4n) is 2.21. The van der Waals surface area contributed by atoms with Gasteiger partial charge in [-0.15, -0.1) is 0 Å². The molecule has 9 heteroatoms. The monoisotopic (exact) mass is 340 g/mol. The van der Waals surface area contributed by atoms with E-state index in [0.29, 0.717) is 11.4 Å². The molecule has 1 aromatic carbocycles. The normalized spacial score (nSPS) is 18.7. The number of nitrogens with zero attached hydrogens (tertiary/aromatic N) is 4. The van der Waals surface area contributed by atoms with Gasteiger partial charge in [-0.25, -0.2) is 14.2 Å². The van der Waals surface area contributed by atoms with Crippen LogP contribution in [-0.2, 0) is 4.79 Å². The van der Waals surface area contributed by atoms with Crippen molar-refractivity contribution in [3.05, 3.63) is 35.9 Å². The molecule has 2 aliphatic rings. The summed E-state index contributed by atoms with van der Waals surface area (Å²) in [6, 6.07) is 7.51. The second kappa shape index (κ2) is 8.18. The van der Waals surface area contributed by atoms with E-state index in [1.54, 1.807) is 55.3 Å². The molecule has 3 amide bonds. The summed E-state index contributed by atoms with van der Waals surface area (Å²) in [5.74, 6) is -0.612. The minimum absolute atomic E-state index is 0. The average Bonchev–Trinajstić information content (AvgIpc) is 2.94. The number of hydrogen-bond donors (Lipinski definition) is 1. The number of carbonyl (C=O) groups is 3. The first-order valence-electron chi connectivity index (χ1n) is 6.81. The molecule has 0 aromatic heterocycles. The summed E-state index contributed by atoms with van der Waals surface area (Å²) in [5, 5.41) is 8.38. The number of hydrogen-bond acceptors (Lipinski definition) is 4. The third-order valence-corrected chi connectivity index (χ3v) is 3.53. The summed E-state index contributed by atoms with van der Waals surface area (Å²) in [6.45, 7) is 0. The molecule has 0 saturated carbocycles. The van der Waals surface area contributed by atoms with Crippen LogP contribution in [0.2, 0.25) is 0 Å². The number of amides is 3. The minimum atomic E-state index is -0.879. The summed E-state index contributed by atoms with van der Waals surface area (Å²) in [7, 11) is 4.85. The summed E-state index contributed by atoms with van der Waals surface area (Å²) in [6.07, 6.45) is 1.56. The number of aromatic carboxylic acids is 1. The SMILES string of the molecule is CN1C(=O)C2C(=NC=[N+]2C)N(C)C1=O.O=C(O)c1ccccc1.[Na]. The molecule has 1 saturated heterocycles. The summed E-state index contributed by atoms with van der Waals surface area (Å²) >= 11 is 0. The van der Waals surface area contributed by atoms with Crippen LogP contribution in [0.3, 0.4) is 0 Å². The number of carboxylic acid groups (broad SMARTS) is 1. The Morgan fingerprint density at radius 2 is 1.75 bits per heavy atom. The van der Waals surface area contributed by atoms with E-state index in [4.69, 9.17) is 5.11 Å². The molecule has 121 valence electrons. The maximum absolute atomic E-state index is 11.7. The smallest absolute Gasteiger partial charge is 0.335 e. The topological polar surface area (TPSA) is 93.3 Å². The average molecular weight is 340 g/mol. The molecule has 1 atom stereocenters. The van der Waals surface area contributed by atoms with Gasteiger partial charge in [-0.05, 0) is 17.1 Å². The second-order valence-electron chi connectivity index (χ2n) is 5.08. The van der Waals surface area contributed by atoms with Gasteiger partial charge in [0.15, 0.2) is 0 Å². The molecule has 1 radical (unpaired) electrons. The molecule has 1 fully saturated rings. The number of carboxylic acids is 1. The number of carbonyl (C=O) groups excluding carboxylic acids is 2. The van der Waals surface area contributed by atoms with Crippen LogP contribution in [0.5, 0.6) is 0 Å². The number of likely N-dealkylation sites (N-methyl/N-ethyl adjacent to an activating group) is 3. The quantitative estimate of drug-likeness (QED) is 0.574. The Balaban J connectivity index is 0.000000252. The third-order valence-electron chi connectivity index (χ3n) is 3.53. The number of benzene rings is 1. The standard InChI is InChI=1S/C8H11N4O2.C7H6O2.Na/c1-10-4-9-6-5(10)7(13)12(3)8(14)11(6)2;8-7(9)6-4-2-1-3-5-6;/h4-5H,1-3H3;1-5H,(H,8,9);/q+1;;. The summed E-state index contributed by atoms with van der Waals surface area (Å²) in [5.41, 5.74) is 0.331. The van der Waals surface area contributed by atoms with E-state index in [9.17, 15) is 14.4 Å². The van der Waals surface area contributed by atoms with Crippen LogP contribution in [0.15, 0.2) is 35.3 Å². The van der Waals surface area contributed by atoms with E-state index in [2.05, 4.69) is 4.99 Å². The van der Waals surface area contributed by atoms with Crippen molar-refractivity contribution in [3.8, 4) is 0 Å². The first-order valence-corrected chi connectivity index (χ1v) is 6.81. The van der Waals surface area contributed by atoms with Gasteiger partial charge in [0.1, 0.15) is 0 Å². The molecule has 8 nitrogen and oxygen atoms in total. The third kappa shape index (κ3) is 3.89. The van der Waals surface area contributed by atoms with E-state index < -0.39 is 12.0 Å². The molecule has 0 bridgehead atoms. The zero-order valence-corrected chi connectivity index (χ0v) is 16.0. The number of fused-ring (bicyclic) bond motifs is 1. The largest absolute Gasteiger partial charge is 0.478 e. The van der Waals surface area contributed by atoms with Gasteiger partial charge < -0.3 is 5.11 Å². The molecule has 0 aliphatic carbocycles. The first kappa shape index (κ1) is 20.0. The Hall–Kier alpha value is -2.03. The molecule has 2 heterocycles. The van der Waals surface area contributed by atoms with Gasteiger partial charge in [-0.2, -0.15) is 0 Å². The van der Waals surface area contributed by atoms with Gasteiger partial charge in [0.25, 0.3) is 24.1 Å². The zero-order chi connectivity index (χ0) is 17.1. The Bertz CT molecular complexity index is 717. The van der Waals surface area contributed by atoms with Crippen molar-refractivity contribution in [2.75, 3.05) is 21.1 Å². The van der Waals surface area contributed by atoms with Crippen LogP contribution in [0.25, 0.3) is 0 Å². The fourth-order valence-corrected chi connectivity index (χ4v) is 2.21. The molecule has 1 unspecified atom stereocenters. The molecule has 24 heavy (non-hydrogen) atoms. The van der Waals surface area contributed by atoms with E-state index in [0.717, 1.165) is 4.90 Å². The maximum atomic E-state index is 11.7. The van der Waals surface area contributed by atoms with Crippen LogP contribution in [0.1, 0.15) is 10.4 Å². The minimum Gasteiger partial charge on any atom is -0.478 e. The van der Waals surface area contributed by atoms with E-state index in [-0.39, 0.29) is 41.5 Å². The molecular formula is C15H17N4NaO4+. The predicted octanol–water partition coefficient (Wildman–Crippen LogP) is -0.0345. The number of aliphatic imine (C=N–C) groups is 1. The maximum Gasteiger partial charge on any atom is 0.335 e. The van der Waals surface area contributed by atoms with Crippen molar-refractivity contribution in [1.29, 1.82) is 0 Å². The first-order chi connectivity index (χ1) is 10.8. The van der Waals surface area contributed by atoms with Crippen molar-refractivity contribution in [2.24, 2.45) is 4.99 Å². The molecule has 0 spiro atoms. The van der Waals surface area contributed by atoms with Crippen molar-refractivity contribution < 1.29 is 24.1 Å². The molecule has 2 aliphatic heterocycles. The summed E-state index contributed by atoms with van der Waals surface area (Å²) in [4.78, 5) is 39.9. The molecule has 1 N–H and O–H groups in total. The fraction of sp³-hybridized carbons (Fsp3) is 0.267. The van der Waals surface area contributed by atoms with Crippen LogP contribution >= 0.6 is 0 Å². The number of amidine groups is 1. The number of urea groups is 1. The Morgan fingerprint density at radius 1 is 1.17 bits per heavy atom. The van der Waals surface area contributed by atoms with Crippen molar-refractivity contribution in [1.82, 2.24) is 9.80 Å². The van der Waals surface area contributed by atoms with Crippen LogP contribution < -0.4 is 0 Å². The number of rotatable bonds is 1. The van der Waals surface area contributed by atoms with Crippen molar-refractivity contribution in [3.63, 3.8) is 0 Å². The van der Waals surface area contributed by atoms with E-state index in [1.165, 1.54) is 11.9 Å². The molecule has 1 aromatic rings. The van der Waals surface area contributed by atoms with Crippen molar-refractivity contribution >= 4 is 59.6 Å². The van der Waals surface area contributed by atoms with Gasteiger partial charge in [-0.1, -0.05) is 18.2 Å². The Kier molecular flexibility index (Phi) is 6.82. The van der Waals surface area contributed by atoms with Gasteiger partial charge in [0.2, 0.25) is 0 Å². The Morgan fingerprint density at radius 3 is 2.25 bits per heavy atom. The molecular weight excluding hydrogens is 323 g/mol. The van der Waals surface area contributed by atoms with Gasteiger partial charge in [-0.3, -0.25) is 14.6 Å². The van der Waals surface area contributed by atoms with Crippen LogP contribution in [0, 0.1) is 0 Å². The van der Waals surface area contributed by atoms with Crippen molar-refractivity contribution in [2.45, 2.75) is 6.04 Å². The van der Waals surface area contributed by atoms with Gasteiger partial charge >= 0.3 is 12.0 Å². The Labute approximate surface area is 161 Å². The second-order valence-corrected chi connectivity index (χ2v) is 5.08. The zero-order valence-electron chi connectivity index (χ0n) is 14.0. The number of imide groups is 1. The van der Waals surface area contributed by atoms with Crippen LogP contribution in [0.4, 0.5) is 4.79 Å². The van der Waals surface area contributed by atoms with Gasteiger partial charge in [0.05, 0.1) is 12.6 Å². The molecule has 3 rings (SSSR count).